The SMILES string of the molecule is CCCCCCC(O)Cc1ccccc1-n1nc2ccccc2n1. The second-order valence-electron chi connectivity index (χ2n) is 6.31. The van der Waals surface area contributed by atoms with E-state index in [0.29, 0.717) is 6.42 Å². The van der Waals surface area contributed by atoms with Crippen molar-refractivity contribution >= 4 is 11.0 Å². The Morgan fingerprint density at radius 1 is 0.917 bits per heavy atom. The zero-order valence-electron chi connectivity index (χ0n) is 14.2. The molecule has 126 valence electrons. The molecule has 24 heavy (non-hydrogen) atoms. The minimum absolute atomic E-state index is 0.312. The molecule has 0 saturated carbocycles. The summed E-state index contributed by atoms with van der Waals surface area (Å²) in [7, 11) is 0. The van der Waals surface area contributed by atoms with Gasteiger partial charge in [0.05, 0.1) is 11.8 Å². The Bertz CT molecular complexity index is 748. The van der Waals surface area contributed by atoms with Crippen molar-refractivity contribution in [3.8, 4) is 5.69 Å². The fourth-order valence-corrected chi connectivity index (χ4v) is 3.01. The number of para-hydroxylation sites is 1. The van der Waals surface area contributed by atoms with Gasteiger partial charge in [0.15, 0.2) is 0 Å². The molecule has 4 nitrogen and oxygen atoms in total. The number of aliphatic hydroxyl groups is 1. The van der Waals surface area contributed by atoms with Crippen LogP contribution in [0.1, 0.15) is 44.6 Å². The van der Waals surface area contributed by atoms with Gasteiger partial charge in [-0.1, -0.05) is 62.9 Å². The molecule has 0 spiro atoms. The number of benzene rings is 2. The van der Waals surface area contributed by atoms with E-state index in [1.807, 2.05) is 42.5 Å². The third-order valence-corrected chi connectivity index (χ3v) is 4.34. The molecule has 0 aliphatic rings. The molecule has 0 aliphatic carbocycles. The smallest absolute Gasteiger partial charge is 0.113 e. The molecule has 1 atom stereocenters. The summed E-state index contributed by atoms with van der Waals surface area (Å²) in [6.07, 6.45) is 5.92. The first kappa shape index (κ1) is 16.7. The van der Waals surface area contributed by atoms with Gasteiger partial charge in [-0.2, -0.15) is 4.80 Å². The van der Waals surface area contributed by atoms with Gasteiger partial charge in [-0.15, -0.1) is 10.2 Å². The van der Waals surface area contributed by atoms with E-state index in [9.17, 15) is 5.11 Å². The maximum atomic E-state index is 10.4. The Morgan fingerprint density at radius 3 is 2.29 bits per heavy atom. The molecule has 3 aromatic rings. The van der Waals surface area contributed by atoms with E-state index >= 15 is 0 Å². The Morgan fingerprint density at radius 2 is 1.58 bits per heavy atom. The molecule has 0 radical (unpaired) electrons. The summed E-state index contributed by atoms with van der Waals surface area (Å²) in [4.78, 5) is 1.68. The van der Waals surface area contributed by atoms with E-state index in [1.54, 1.807) is 4.80 Å². The molecule has 4 heteroatoms. The molecule has 2 aromatic carbocycles. The van der Waals surface area contributed by atoms with Crippen molar-refractivity contribution in [2.45, 2.75) is 51.6 Å². The fraction of sp³-hybridized carbons (Fsp3) is 0.400. The summed E-state index contributed by atoms with van der Waals surface area (Å²) in [6, 6.07) is 15.9. The predicted octanol–water partition coefficient (Wildman–Crippen LogP) is 4.29. The van der Waals surface area contributed by atoms with E-state index in [4.69, 9.17) is 0 Å². The highest BCUT2D eigenvalue weighted by Crippen LogP contribution is 2.19. The van der Waals surface area contributed by atoms with Crippen molar-refractivity contribution < 1.29 is 5.11 Å². The average molecular weight is 323 g/mol. The third-order valence-electron chi connectivity index (χ3n) is 4.34. The van der Waals surface area contributed by atoms with E-state index < -0.39 is 0 Å². The number of nitrogens with zero attached hydrogens (tertiary/aromatic N) is 3. The van der Waals surface area contributed by atoms with Crippen LogP contribution in [-0.2, 0) is 6.42 Å². The number of aliphatic hydroxyl groups excluding tert-OH is 1. The first-order valence-corrected chi connectivity index (χ1v) is 8.86. The van der Waals surface area contributed by atoms with Crippen LogP contribution in [-0.4, -0.2) is 26.2 Å². The predicted molar refractivity (Wildman–Crippen MR) is 97.3 cm³/mol. The Hall–Kier alpha value is -2.20. The molecule has 1 heterocycles. The highest BCUT2D eigenvalue weighted by molar-refractivity contribution is 5.73. The standard InChI is InChI=1S/C20H25N3O/c1-2-3-4-5-11-17(24)15-16-10-6-9-14-20(16)23-21-18-12-7-8-13-19(18)22-23/h6-10,12-14,17,24H,2-5,11,15H2,1H3. The van der Waals surface area contributed by atoms with E-state index in [1.165, 1.54) is 19.3 Å². The van der Waals surface area contributed by atoms with Crippen molar-refractivity contribution in [1.82, 2.24) is 15.0 Å². The third kappa shape index (κ3) is 4.01. The lowest BCUT2D eigenvalue weighted by atomic mass is 10.0. The maximum Gasteiger partial charge on any atom is 0.113 e. The largest absolute Gasteiger partial charge is 0.393 e. The quantitative estimate of drug-likeness (QED) is 0.629. The molecule has 1 unspecified atom stereocenters. The van der Waals surface area contributed by atoms with Gasteiger partial charge in [0, 0.05) is 6.42 Å². The average Bonchev–Trinajstić information content (AvgIpc) is 3.03. The molecule has 0 bridgehead atoms. The zero-order chi connectivity index (χ0) is 16.8. The Labute approximate surface area is 143 Å². The Balaban J connectivity index is 1.75. The molecule has 1 N–H and O–H groups in total. The normalized spacial score (nSPS) is 12.6. The summed E-state index contributed by atoms with van der Waals surface area (Å²) in [5.41, 5.74) is 3.79. The van der Waals surface area contributed by atoms with Crippen molar-refractivity contribution in [3.63, 3.8) is 0 Å². The van der Waals surface area contributed by atoms with Crippen LogP contribution < -0.4 is 0 Å². The zero-order valence-corrected chi connectivity index (χ0v) is 14.2. The molecule has 0 aliphatic heterocycles. The van der Waals surface area contributed by atoms with Crippen LogP contribution in [0, 0.1) is 0 Å². The van der Waals surface area contributed by atoms with E-state index in [2.05, 4.69) is 23.2 Å². The highest BCUT2D eigenvalue weighted by Gasteiger charge is 2.12. The van der Waals surface area contributed by atoms with Gasteiger partial charge in [0.25, 0.3) is 0 Å². The van der Waals surface area contributed by atoms with Gasteiger partial charge in [0.1, 0.15) is 11.0 Å². The van der Waals surface area contributed by atoms with Crippen LogP contribution >= 0.6 is 0 Å². The lowest BCUT2D eigenvalue weighted by Crippen LogP contribution is -2.13. The molecule has 0 fully saturated rings. The van der Waals surface area contributed by atoms with E-state index in [0.717, 1.165) is 35.1 Å². The van der Waals surface area contributed by atoms with Gasteiger partial charge < -0.3 is 5.11 Å². The van der Waals surface area contributed by atoms with Gasteiger partial charge in [-0.05, 0) is 30.2 Å². The van der Waals surface area contributed by atoms with Gasteiger partial charge in [0.2, 0.25) is 0 Å². The van der Waals surface area contributed by atoms with Crippen molar-refractivity contribution in [2.24, 2.45) is 0 Å². The second-order valence-corrected chi connectivity index (χ2v) is 6.31. The van der Waals surface area contributed by atoms with Crippen LogP contribution in [0.5, 0.6) is 0 Å². The maximum absolute atomic E-state index is 10.4. The monoisotopic (exact) mass is 323 g/mol. The van der Waals surface area contributed by atoms with Gasteiger partial charge in [-0.3, -0.25) is 0 Å². The van der Waals surface area contributed by atoms with Crippen molar-refractivity contribution in [1.29, 1.82) is 0 Å². The minimum atomic E-state index is -0.312. The van der Waals surface area contributed by atoms with Crippen LogP contribution in [0.4, 0.5) is 0 Å². The summed E-state index contributed by atoms with van der Waals surface area (Å²) in [6.45, 7) is 2.20. The van der Waals surface area contributed by atoms with Crippen LogP contribution in [0.15, 0.2) is 48.5 Å². The first-order valence-electron chi connectivity index (χ1n) is 8.86. The lowest BCUT2D eigenvalue weighted by Gasteiger charge is -2.13. The van der Waals surface area contributed by atoms with Crippen molar-refractivity contribution in [3.05, 3.63) is 54.1 Å². The number of unbranched alkanes of at least 4 members (excludes halogenated alkanes) is 3. The number of fused-ring (bicyclic) bond motifs is 1. The minimum Gasteiger partial charge on any atom is -0.393 e. The highest BCUT2D eigenvalue weighted by atomic mass is 16.3. The molecule has 1 aromatic heterocycles. The van der Waals surface area contributed by atoms with Gasteiger partial charge in [-0.25, -0.2) is 0 Å². The molecule has 0 amide bonds. The van der Waals surface area contributed by atoms with Gasteiger partial charge >= 0.3 is 0 Å². The van der Waals surface area contributed by atoms with Crippen LogP contribution in [0.25, 0.3) is 16.7 Å². The first-order chi connectivity index (χ1) is 11.8. The number of hydrogen-bond donors (Lipinski definition) is 1. The number of aromatic nitrogens is 3. The number of rotatable bonds is 8. The fourth-order valence-electron chi connectivity index (χ4n) is 3.01. The summed E-state index contributed by atoms with van der Waals surface area (Å²) in [5, 5.41) is 19.5. The summed E-state index contributed by atoms with van der Waals surface area (Å²) >= 11 is 0. The topological polar surface area (TPSA) is 50.9 Å². The number of hydrogen-bond acceptors (Lipinski definition) is 3. The lowest BCUT2D eigenvalue weighted by molar-refractivity contribution is 0.161. The Kier molecular flexibility index (Phi) is 5.59. The molecular weight excluding hydrogens is 298 g/mol. The van der Waals surface area contributed by atoms with E-state index in [-0.39, 0.29) is 6.10 Å². The van der Waals surface area contributed by atoms with Crippen LogP contribution in [0.2, 0.25) is 0 Å². The molecule has 3 rings (SSSR count). The second kappa shape index (κ2) is 8.06. The molecular formula is C20H25N3O. The summed E-state index contributed by atoms with van der Waals surface area (Å²) < 4.78 is 0. The van der Waals surface area contributed by atoms with Crippen LogP contribution in [0.3, 0.4) is 0 Å². The molecule has 0 saturated heterocycles. The summed E-state index contributed by atoms with van der Waals surface area (Å²) in [5.74, 6) is 0. The van der Waals surface area contributed by atoms with Crippen molar-refractivity contribution in [2.75, 3.05) is 0 Å².